The number of anilines is 1. The van der Waals surface area contributed by atoms with Crippen molar-refractivity contribution in [3.05, 3.63) is 71.6 Å². The van der Waals surface area contributed by atoms with Gasteiger partial charge in [-0.2, -0.15) is 5.10 Å². The quantitative estimate of drug-likeness (QED) is 0.348. The predicted molar refractivity (Wildman–Crippen MR) is 127 cm³/mol. The molecule has 0 saturated carbocycles. The van der Waals surface area contributed by atoms with E-state index in [0.29, 0.717) is 53.8 Å². The van der Waals surface area contributed by atoms with Crippen molar-refractivity contribution in [2.24, 2.45) is 0 Å². The SMILES string of the molecule is COc1cc(OC)c(OC)cc1C=C(C)C(=O)Nc1cnn(CCOCc2ccccc2)c1. The minimum absolute atomic E-state index is 0.244. The van der Waals surface area contributed by atoms with Gasteiger partial charge in [-0.05, 0) is 24.6 Å². The number of amides is 1. The van der Waals surface area contributed by atoms with E-state index in [0.717, 1.165) is 5.56 Å². The number of aromatic nitrogens is 2. The molecule has 0 spiro atoms. The van der Waals surface area contributed by atoms with Gasteiger partial charge in [0.25, 0.3) is 5.91 Å². The summed E-state index contributed by atoms with van der Waals surface area (Å²) in [7, 11) is 4.68. The Morgan fingerprint density at radius 3 is 2.42 bits per heavy atom. The summed E-state index contributed by atoms with van der Waals surface area (Å²) in [6, 6.07) is 13.5. The van der Waals surface area contributed by atoms with Crippen molar-refractivity contribution in [3.63, 3.8) is 0 Å². The van der Waals surface area contributed by atoms with Crippen LogP contribution >= 0.6 is 0 Å². The van der Waals surface area contributed by atoms with Crippen molar-refractivity contribution in [2.75, 3.05) is 33.3 Å². The van der Waals surface area contributed by atoms with E-state index in [-0.39, 0.29) is 5.91 Å². The molecule has 0 radical (unpaired) electrons. The maximum atomic E-state index is 12.7. The Kier molecular flexibility index (Phi) is 8.49. The van der Waals surface area contributed by atoms with Crippen LogP contribution in [-0.2, 0) is 22.7 Å². The van der Waals surface area contributed by atoms with Crippen molar-refractivity contribution in [3.8, 4) is 17.2 Å². The van der Waals surface area contributed by atoms with Gasteiger partial charge in [0, 0.05) is 23.4 Å². The van der Waals surface area contributed by atoms with E-state index in [2.05, 4.69) is 10.4 Å². The number of hydrogen-bond donors (Lipinski definition) is 1. The largest absolute Gasteiger partial charge is 0.496 e. The van der Waals surface area contributed by atoms with Crippen LogP contribution in [0.1, 0.15) is 18.1 Å². The van der Waals surface area contributed by atoms with Crippen LogP contribution in [0.2, 0.25) is 0 Å². The number of rotatable bonds is 11. The average Bonchev–Trinajstić information content (AvgIpc) is 3.29. The van der Waals surface area contributed by atoms with Crippen LogP contribution in [0.4, 0.5) is 5.69 Å². The van der Waals surface area contributed by atoms with Gasteiger partial charge in [0.15, 0.2) is 11.5 Å². The van der Waals surface area contributed by atoms with E-state index in [9.17, 15) is 4.79 Å². The Morgan fingerprint density at radius 2 is 1.73 bits per heavy atom. The minimum Gasteiger partial charge on any atom is -0.496 e. The number of methoxy groups -OCH3 is 3. The highest BCUT2D eigenvalue weighted by Gasteiger charge is 2.13. The van der Waals surface area contributed by atoms with Crippen LogP contribution in [0, 0.1) is 0 Å². The maximum Gasteiger partial charge on any atom is 0.251 e. The van der Waals surface area contributed by atoms with Gasteiger partial charge in [0.1, 0.15) is 5.75 Å². The van der Waals surface area contributed by atoms with Gasteiger partial charge in [0.2, 0.25) is 0 Å². The van der Waals surface area contributed by atoms with Gasteiger partial charge >= 0.3 is 0 Å². The van der Waals surface area contributed by atoms with Crippen LogP contribution < -0.4 is 19.5 Å². The molecule has 0 aliphatic heterocycles. The molecule has 2 aromatic carbocycles. The van der Waals surface area contributed by atoms with Crippen molar-refractivity contribution in [2.45, 2.75) is 20.1 Å². The molecule has 8 heteroatoms. The summed E-state index contributed by atoms with van der Waals surface area (Å²) >= 11 is 0. The summed E-state index contributed by atoms with van der Waals surface area (Å²) in [5.74, 6) is 1.43. The lowest BCUT2D eigenvalue weighted by Crippen LogP contribution is -2.12. The standard InChI is InChI=1S/C25H29N3O5/c1-18(12-20-13-23(31-3)24(32-4)14-22(20)30-2)25(29)27-21-15-26-28(16-21)10-11-33-17-19-8-6-5-7-9-19/h5-9,12-16H,10-11,17H2,1-4H3,(H,27,29). The van der Waals surface area contributed by atoms with E-state index in [1.807, 2.05) is 30.3 Å². The topological polar surface area (TPSA) is 83.8 Å². The fourth-order valence-electron chi connectivity index (χ4n) is 3.17. The highest BCUT2D eigenvalue weighted by atomic mass is 16.5. The Morgan fingerprint density at radius 1 is 1.03 bits per heavy atom. The molecule has 0 aliphatic carbocycles. The molecule has 0 saturated heterocycles. The number of benzene rings is 2. The van der Waals surface area contributed by atoms with Crippen molar-refractivity contribution in [1.29, 1.82) is 0 Å². The number of carbonyl (C=O) groups excluding carboxylic acids is 1. The van der Waals surface area contributed by atoms with Crippen LogP contribution in [0.15, 0.2) is 60.4 Å². The summed E-state index contributed by atoms with van der Waals surface area (Å²) in [6.07, 6.45) is 5.12. The van der Waals surface area contributed by atoms with Gasteiger partial charge in [-0.25, -0.2) is 0 Å². The van der Waals surface area contributed by atoms with E-state index >= 15 is 0 Å². The zero-order valence-electron chi connectivity index (χ0n) is 19.3. The first-order valence-corrected chi connectivity index (χ1v) is 10.5. The molecule has 3 rings (SSSR count). The molecule has 33 heavy (non-hydrogen) atoms. The first-order valence-electron chi connectivity index (χ1n) is 10.5. The molecule has 1 aromatic heterocycles. The number of hydrogen-bond acceptors (Lipinski definition) is 6. The molecular weight excluding hydrogens is 422 g/mol. The molecule has 0 fully saturated rings. The van der Waals surface area contributed by atoms with Gasteiger partial charge in [0.05, 0.1) is 53.0 Å². The summed E-state index contributed by atoms with van der Waals surface area (Å²) < 4.78 is 23.5. The first kappa shape index (κ1) is 23.9. The summed E-state index contributed by atoms with van der Waals surface area (Å²) in [5.41, 5.74) is 2.93. The third-order valence-corrected chi connectivity index (χ3v) is 4.93. The lowest BCUT2D eigenvalue weighted by atomic mass is 10.1. The Balaban J connectivity index is 1.58. The second-order valence-corrected chi connectivity index (χ2v) is 7.26. The summed E-state index contributed by atoms with van der Waals surface area (Å²) in [4.78, 5) is 12.7. The van der Waals surface area contributed by atoms with Gasteiger partial charge in [-0.1, -0.05) is 30.3 Å². The highest BCUT2D eigenvalue weighted by Crippen LogP contribution is 2.35. The molecule has 0 aliphatic rings. The van der Waals surface area contributed by atoms with Crippen LogP contribution in [-0.4, -0.2) is 43.6 Å². The maximum absolute atomic E-state index is 12.7. The number of carbonyl (C=O) groups is 1. The average molecular weight is 452 g/mol. The lowest BCUT2D eigenvalue weighted by Gasteiger charge is -2.12. The molecule has 1 heterocycles. The van der Waals surface area contributed by atoms with Crippen LogP contribution in [0.3, 0.4) is 0 Å². The molecule has 174 valence electrons. The molecule has 8 nitrogen and oxygen atoms in total. The zero-order valence-corrected chi connectivity index (χ0v) is 19.3. The van der Waals surface area contributed by atoms with E-state index < -0.39 is 0 Å². The number of nitrogens with one attached hydrogen (secondary N) is 1. The normalized spacial score (nSPS) is 11.2. The van der Waals surface area contributed by atoms with Crippen molar-refractivity contribution >= 4 is 17.7 Å². The number of ether oxygens (including phenoxy) is 4. The third-order valence-electron chi connectivity index (χ3n) is 4.93. The molecule has 3 aromatic rings. The molecular formula is C25H29N3O5. The van der Waals surface area contributed by atoms with Gasteiger partial charge in [-0.15, -0.1) is 0 Å². The lowest BCUT2D eigenvalue weighted by molar-refractivity contribution is -0.112. The van der Waals surface area contributed by atoms with Gasteiger partial charge in [-0.3, -0.25) is 9.48 Å². The van der Waals surface area contributed by atoms with Crippen molar-refractivity contribution < 1.29 is 23.7 Å². The first-order chi connectivity index (χ1) is 16.0. The second-order valence-electron chi connectivity index (χ2n) is 7.26. The van der Waals surface area contributed by atoms with Crippen LogP contribution in [0.25, 0.3) is 6.08 Å². The van der Waals surface area contributed by atoms with Crippen molar-refractivity contribution in [1.82, 2.24) is 9.78 Å². The summed E-state index contributed by atoms with van der Waals surface area (Å²) in [6.45, 7) is 3.38. The highest BCUT2D eigenvalue weighted by molar-refractivity contribution is 6.06. The smallest absolute Gasteiger partial charge is 0.251 e. The van der Waals surface area contributed by atoms with Gasteiger partial charge < -0.3 is 24.3 Å². The molecule has 1 amide bonds. The fraction of sp³-hybridized carbons (Fsp3) is 0.280. The predicted octanol–water partition coefficient (Wildman–Crippen LogP) is 4.17. The van der Waals surface area contributed by atoms with E-state index in [1.54, 1.807) is 63.5 Å². The fourth-order valence-corrected chi connectivity index (χ4v) is 3.17. The molecule has 0 atom stereocenters. The third kappa shape index (κ3) is 6.60. The monoisotopic (exact) mass is 451 g/mol. The Hall–Kier alpha value is -3.78. The Labute approximate surface area is 193 Å². The number of nitrogens with zero attached hydrogens (tertiary/aromatic N) is 2. The molecule has 0 unspecified atom stereocenters. The van der Waals surface area contributed by atoms with Crippen LogP contribution in [0.5, 0.6) is 17.2 Å². The molecule has 1 N–H and O–H groups in total. The zero-order chi connectivity index (χ0) is 23.6. The summed E-state index contributed by atoms with van der Waals surface area (Å²) in [5, 5.41) is 7.14. The Bertz CT molecular complexity index is 1090. The second kappa shape index (κ2) is 11.7. The molecule has 0 bridgehead atoms. The van der Waals surface area contributed by atoms with E-state index in [4.69, 9.17) is 18.9 Å². The minimum atomic E-state index is -0.244. The van der Waals surface area contributed by atoms with E-state index in [1.165, 1.54) is 0 Å².